The van der Waals surface area contributed by atoms with Crippen LogP contribution in [0.1, 0.15) is 44.1 Å². The Labute approximate surface area is 169 Å². The van der Waals surface area contributed by atoms with Crippen molar-refractivity contribution in [3.8, 4) is 0 Å². The van der Waals surface area contributed by atoms with E-state index in [1.807, 2.05) is 17.9 Å². The number of piperidine rings is 1. The highest BCUT2D eigenvalue weighted by atomic mass is 127. The number of nitrogens with zero attached hydrogens (tertiary/aromatic N) is 5. The number of hydrogen-bond donors (Lipinski definition) is 1. The molecule has 0 amide bonds. The molecule has 2 aliphatic rings. The predicted octanol–water partition coefficient (Wildman–Crippen LogP) is 2.28. The van der Waals surface area contributed by atoms with Crippen molar-refractivity contribution in [2.75, 3.05) is 45.8 Å². The fraction of sp³-hybridized carbons (Fsp3) is 0.778. The molecule has 25 heavy (non-hydrogen) atoms. The van der Waals surface area contributed by atoms with Crippen molar-refractivity contribution in [2.24, 2.45) is 12.0 Å². The summed E-state index contributed by atoms with van der Waals surface area (Å²) < 4.78 is 1.90. The molecule has 0 aliphatic carbocycles. The molecule has 0 bridgehead atoms. The minimum absolute atomic E-state index is 0. The number of hydrogen-bond acceptors (Lipinski definition) is 3. The van der Waals surface area contributed by atoms with Crippen molar-refractivity contribution in [3.63, 3.8) is 0 Å². The van der Waals surface area contributed by atoms with Gasteiger partial charge < -0.3 is 15.1 Å². The molecule has 1 N–H and O–H groups in total. The van der Waals surface area contributed by atoms with Gasteiger partial charge in [-0.25, -0.2) is 0 Å². The van der Waals surface area contributed by atoms with E-state index in [-0.39, 0.29) is 24.0 Å². The average Bonchev–Trinajstić information content (AvgIpc) is 3.24. The molecule has 2 aliphatic heterocycles. The first-order valence-corrected chi connectivity index (χ1v) is 9.50. The quantitative estimate of drug-likeness (QED) is 0.416. The van der Waals surface area contributed by atoms with Gasteiger partial charge in [0.2, 0.25) is 0 Å². The highest BCUT2D eigenvalue weighted by Gasteiger charge is 2.26. The fourth-order valence-corrected chi connectivity index (χ4v) is 3.78. The van der Waals surface area contributed by atoms with Gasteiger partial charge in [0.05, 0.1) is 12.7 Å². The van der Waals surface area contributed by atoms with E-state index in [1.165, 1.54) is 44.3 Å². The smallest absolute Gasteiger partial charge is 0.193 e. The lowest BCUT2D eigenvalue weighted by atomic mass is 10.0. The van der Waals surface area contributed by atoms with Crippen LogP contribution in [0, 0.1) is 0 Å². The highest BCUT2D eigenvalue weighted by molar-refractivity contribution is 14.0. The zero-order chi connectivity index (χ0) is 16.8. The summed E-state index contributed by atoms with van der Waals surface area (Å²) in [5.41, 5.74) is 1.35. The van der Waals surface area contributed by atoms with E-state index in [0.29, 0.717) is 5.92 Å². The molecule has 1 atom stereocenters. The Hall–Kier alpha value is -0.830. The van der Waals surface area contributed by atoms with Gasteiger partial charge in [-0.3, -0.25) is 9.67 Å². The van der Waals surface area contributed by atoms with E-state index in [2.05, 4.69) is 33.3 Å². The summed E-state index contributed by atoms with van der Waals surface area (Å²) in [5, 5.41) is 7.79. The Morgan fingerprint density at radius 3 is 2.76 bits per heavy atom. The maximum atomic E-state index is 4.89. The Morgan fingerprint density at radius 2 is 2.08 bits per heavy atom. The monoisotopic (exact) mass is 460 g/mol. The number of nitrogens with one attached hydrogen (secondary N) is 1. The number of halogens is 1. The number of aryl methyl sites for hydroxylation is 1. The second kappa shape index (κ2) is 10.4. The van der Waals surface area contributed by atoms with Crippen LogP contribution in [-0.4, -0.2) is 71.4 Å². The van der Waals surface area contributed by atoms with Crippen LogP contribution in [-0.2, 0) is 7.05 Å². The normalized spacial score (nSPS) is 22.1. The van der Waals surface area contributed by atoms with Crippen molar-refractivity contribution < 1.29 is 0 Å². The summed E-state index contributed by atoms with van der Waals surface area (Å²) in [5.74, 6) is 1.66. The topological polar surface area (TPSA) is 48.7 Å². The molecule has 3 heterocycles. The number of aromatic nitrogens is 2. The largest absolute Gasteiger partial charge is 0.357 e. The van der Waals surface area contributed by atoms with Gasteiger partial charge in [-0.1, -0.05) is 6.42 Å². The molecule has 3 rings (SSSR count). The third-order valence-corrected chi connectivity index (χ3v) is 5.15. The Kier molecular flexibility index (Phi) is 8.48. The zero-order valence-electron chi connectivity index (χ0n) is 15.7. The molecule has 0 saturated carbocycles. The first-order valence-electron chi connectivity index (χ1n) is 9.50. The van der Waals surface area contributed by atoms with E-state index >= 15 is 0 Å². The zero-order valence-corrected chi connectivity index (χ0v) is 18.0. The van der Waals surface area contributed by atoms with Crippen LogP contribution in [0.4, 0.5) is 0 Å². The minimum Gasteiger partial charge on any atom is -0.357 e. The van der Waals surface area contributed by atoms with Crippen molar-refractivity contribution in [1.29, 1.82) is 0 Å². The average molecular weight is 460 g/mol. The summed E-state index contributed by atoms with van der Waals surface area (Å²) >= 11 is 0. The molecule has 1 aromatic rings. The first-order chi connectivity index (χ1) is 11.8. The van der Waals surface area contributed by atoms with E-state index < -0.39 is 0 Å². The lowest BCUT2D eigenvalue weighted by Crippen LogP contribution is -2.40. The van der Waals surface area contributed by atoms with Gasteiger partial charge in [-0.15, -0.1) is 24.0 Å². The van der Waals surface area contributed by atoms with Gasteiger partial charge in [0, 0.05) is 45.3 Å². The van der Waals surface area contributed by atoms with E-state index in [9.17, 15) is 0 Å². The number of guanidine groups is 1. The fourth-order valence-electron chi connectivity index (χ4n) is 3.78. The summed E-state index contributed by atoms with van der Waals surface area (Å²) in [6.45, 7) is 9.69. The summed E-state index contributed by atoms with van der Waals surface area (Å²) in [7, 11) is 1.99. The lowest BCUT2D eigenvalue weighted by molar-refractivity contribution is 0.235. The molecule has 0 radical (unpaired) electrons. The van der Waals surface area contributed by atoms with Crippen molar-refractivity contribution in [3.05, 3.63) is 18.0 Å². The van der Waals surface area contributed by atoms with Crippen LogP contribution in [0.2, 0.25) is 0 Å². The molecule has 2 fully saturated rings. The first kappa shape index (κ1) is 20.5. The molecule has 0 aromatic carbocycles. The maximum Gasteiger partial charge on any atom is 0.193 e. The van der Waals surface area contributed by atoms with Crippen LogP contribution in [0.3, 0.4) is 0 Å². The standard InChI is InChI=1S/C18H32N6.HI/c1-3-19-18(20-8-12-23-9-5-4-6-10-23)24-11-7-16(15-24)17-13-21-22(2)14-17;/h13-14,16H,3-12,15H2,1-2H3,(H,19,20);1H. The molecule has 1 unspecified atom stereocenters. The molecule has 2 saturated heterocycles. The maximum absolute atomic E-state index is 4.89. The second-order valence-electron chi connectivity index (χ2n) is 7.02. The second-order valence-corrected chi connectivity index (χ2v) is 7.02. The van der Waals surface area contributed by atoms with E-state index in [0.717, 1.165) is 38.7 Å². The van der Waals surface area contributed by atoms with Gasteiger partial charge in [0.25, 0.3) is 0 Å². The highest BCUT2D eigenvalue weighted by Crippen LogP contribution is 2.26. The Bertz CT molecular complexity index is 537. The van der Waals surface area contributed by atoms with Gasteiger partial charge in [-0.05, 0) is 44.8 Å². The number of rotatable bonds is 5. The minimum atomic E-state index is 0. The van der Waals surface area contributed by atoms with Crippen molar-refractivity contribution >= 4 is 29.9 Å². The molecule has 0 spiro atoms. The van der Waals surface area contributed by atoms with Crippen LogP contribution in [0.15, 0.2) is 17.4 Å². The summed E-state index contributed by atoms with van der Waals surface area (Å²) in [6.07, 6.45) is 9.43. The number of aliphatic imine (C=N–C) groups is 1. The molecule has 6 nitrogen and oxygen atoms in total. The van der Waals surface area contributed by atoms with Crippen LogP contribution in [0.5, 0.6) is 0 Å². The molecular formula is C18H33IN6. The van der Waals surface area contributed by atoms with E-state index in [4.69, 9.17) is 4.99 Å². The van der Waals surface area contributed by atoms with E-state index in [1.54, 1.807) is 0 Å². The van der Waals surface area contributed by atoms with Crippen LogP contribution < -0.4 is 5.32 Å². The van der Waals surface area contributed by atoms with Gasteiger partial charge >= 0.3 is 0 Å². The molecular weight excluding hydrogens is 427 g/mol. The SMILES string of the molecule is CCNC(=NCCN1CCCCC1)N1CCC(c2cnn(C)c2)C1.I. The summed E-state index contributed by atoms with van der Waals surface area (Å²) in [4.78, 5) is 9.86. The van der Waals surface area contributed by atoms with Crippen molar-refractivity contribution in [2.45, 2.75) is 38.5 Å². The third-order valence-electron chi connectivity index (χ3n) is 5.15. The van der Waals surface area contributed by atoms with Gasteiger partial charge in [0.1, 0.15) is 0 Å². The lowest BCUT2D eigenvalue weighted by Gasteiger charge is -2.26. The van der Waals surface area contributed by atoms with Crippen molar-refractivity contribution in [1.82, 2.24) is 24.9 Å². The van der Waals surface area contributed by atoms with Gasteiger partial charge in [0.15, 0.2) is 5.96 Å². The number of likely N-dealkylation sites (tertiary alicyclic amines) is 2. The predicted molar refractivity (Wildman–Crippen MR) is 114 cm³/mol. The molecule has 142 valence electrons. The third kappa shape index (κ3) is 5.84. The Balaban J connectivity index is 0.00000225. The molecule has 7 heteroatoms. The summed E-state index contributed by atoms with van der Waals surface area (Å²) in [6, 6.07) is 0. The van der Waals surface area contributed by atoms with Crippen LogP contribution in [0.25, 0.3) is 0 Å². The molecule has 1 aromatic heterocycles. The Morgan fingerprint density at radius 1 is 1.28 bits per heavy atom. The van der Waals surface area contributed by atoms with Crippen LogP contribution >= 0.6 is 24.0 Å². The van der Waals surface area contributed by atoms with Gasteiger partial charge in [-0.2, -0.15) is 5.10 Å².